The second-order valence-corrected chi connectivity index (χ2v) is 5.72. The Morgan fingerprint density at radius 2 is 2.06 bits per heavy atom. The third kappa shape index (κ3) is 3.03. The molecule has 18 heavy (non-hydrogen) atoms. The van der Waals surface area contributed by atoms with Crippen LogP contribution in [0.15, 0.2) is 0 Å². The van der Waals surface area contributed by atoms with Crippen LogP contribution in [0.1, 0.15) is 11.4 Å². The van der Waals surface area contributed by atoms with Crippen LogP contribution in [-0.4, -0.2) is 40.0 Å². The molecule has 0 saturated heterocycles. The minimum atomic E-state index is -3.91. The maximum Gasteiger partial charge on any atom is 0.318 e. The van der Waals surface area contributed by atoms with E-state index in [-0.39, 0.29) is 17.1 Å². The molecule has 0 saturated carbocycles. The molecule has 1 rings (SSSR count). The first kappa shape index (κ1) is 14.1. The SMILES string of the molecule is Cc1nn(CS(=O)(=O)CC(=O)O)c(C)c1[N+](=O)[O-]. The van der Waals surface area contributed by atoms with Crippen LogP contribution in [0.25, 0.3) is 0 Å². The summed E-state index contributed by atoms with van der Waals surface area (Å²) in [6, 6.07) is 0. The Morgan fingerprint density at radius 1 is 1.50 bits per heavy atom. The number of rotatable bonds is 5. The van der Waals surface area contributed by atoms with Crippen molar-refractivity contribution in [2.24, 2.45) is 0 Å². The molecule has 1 heterocycles. The van der Waals surface area contributed by atoms with Crippen molar-refractivity contribution < 1.29 is 23.2 Å². The third-order valence-electron chi connectivity index (χ3n) is 2.19. The number of aliphatic carboxylic acids is 1. The zero-order valence-corrected chi connectivity index (χ0v) is 10.5. The molecule has 0 aliphatic rings. The Hall–Kier alpha value is -1.97. The largest absolute Gasteiger partial charge is 0.480 e. The number of hydrogen-bond acceptors (Lipinski definition) is 6. The monoisotopic (exact) mass is 277 g/mol. The highest BCUT2D eigenvalue weighted by atomic mass is 32.2. The van der Waals surface area contributed by atoms with Crippen LogP contribution in [0.5, 0.6) is 0 Å². The third-order valence-corrected chi connectivity index (χ3v) is 3.51. The van der Waals surface area contributed by atoms with Gasteiger partial charge in [0.15, 0.2) is 9.84 Å². The van der Waals surface area contributed by atoms with E-state index in [9.17, 15) is 23.3 Å². The molecule has 1 aromatic rings. The molecule has 0 aliphatic heterocycles. The van der Waals surface area contributed by atoms with Crippen molar-refractivity contribution in [1.82, 2.24) is 9.78 Å². The molecule has 0 aromatic carbocycles. The fraction of sp³-hybridized carbons (Fsp3) is 0.500. The lowest BCUT2D eigenvalue weighted by Crippen LogP contribution is -2.21. The summed E-state index contributed by atoms with van der Waals surface area (Å²) in [5, 5.41) is 22.9. The lowest BCUT2D eigenvalue weighted by Gasteiger charge is -2.03. The topological polar surface area (TPSA) is 132 Å². The van der Waals surface area contributed by atoms with E-state index in [4.69, 9.17) is 5.11 Å². The number of nitro groups is 1. The quantitative estimate of drug-likeness (QED) is 0.585. The molecule has 1 N–H and O–H groups in total. The van der Waals surface area contributed by atoms with E-state index in [1.54, 1.807) is 0 Å². The van der Waals surface area contributed by atoms with Crippen LogP contribution >= 0.6 is 0 Å². The Labute approximate surface area is 102 Å². The number of aromatic nitrogens is 2. The fourth-order valence-corrected chi connectivity index (χ4v) is 2.59. The first-order chi connectivity index (χ1) is 8.14. The molecule has 0 amide bonds. The minimum absolute atomic E-state index is 0.0754. The Balaban J connectivity index is 3.11. The normalized spacial score (nSPS) is 11.4. The summed E-state index contributed by atoms with van der Waals surface area (Å²) < 4.78 is 23.8. The molecule has 0 unspecified atom stereocenters. The lowest BCUT2D eigenvalue weighted by atomic mass is 10.3. The molecular weight excluding hydrogens is 266 g/mol. The van der Waals surface area contributed by atoms with E-state index in [2.05, 4.69) is 5.10 Å². The number of hydrogen-bond donors (Lipinski definition) is 1. The lowest BCUT2D eigenvalue weighted by molar-refractivity contribution is -0.386. The second kappa shape index (κ2) is 4.72. The van der Waals surface area contributed by atoms with Crippen LogP contribution in [0.4, 0.5) is 5.69 Å². The van der Waals surface area contributed by atoms with Crippen molar-refractivity contribution in [2.75, 3.05) is 5.75 Å². The molecule has 0 spiro atoms. The van der Waals surface area contributed by atoms with E-state index < -0.39 is 32.4 Å². The van der Waals surface area contributed by atoms with Crippen molar-refractivity contribution >= 4 is 21.5 Å². The van der Waals surface area contributed by atoms with Gasteiger partial charge in [0.2, 0.25) is 0 Å². The van der Waals surface area contributed by atoms with Gasteiger partial charge < -0.3 is 5.11 Å². The molecule has 9 nitrogen and oxygen atoms in total. The van der Waals surface area contributed by atoms with Crippen molar-refractivity contribution in [3.63, 3.8) is 0 Å². The van der Waals surface area contributed by atoms with Crippen molar-refractivity contribution in [2.45, 2.75) is 19.7 Å². The van der Waals surface area contributed by atoms with E-state index in [0.717, 1.165) is 4.68 Å². The van der Waals surface area contributed by atoms with Crippen molar-refractivity contribution in [1.29, 1.82) is 0 Å². The van der Waals surface area contributed by atoms with E-state index >= 15 is 0 Å². The summed E-state index contributed by atoms with van der Waals surface area (Å²) in [4.78, 5) is 20.4. The predicted octanol–water partition coefficient (Wildman–Crippen LogP) is -0.135. The first-order valence-electron chi connectivity index (χ1n) is 4.74. The van der Waals surface area contributed by atoms with Crippen molar-refractivity contribution in [3.8, 4) is 0 Å². The standard InChI is InChI=1S/C8H11N3O6S/c1-5-8(11(14)15)6(2)10(9-5)4-18(16,17)3-7(12)13/h3-4H2,1-2H3,(H,12,13). The van der Waals surface area contributed by atoms with Gasteiger partial charge in [-0.3, -0.25) is 14.9 Å². The van der Waals surface area contributed by atoms with Gasteiger partial charge in [-0.2, -0.15) is 5.10 Å². The zero-order chi connectivity index (χ0) is 14.1. The highest BCUT2D eigenvalue weighted by molar-refractivity contribution is 7.91. The summed E-state index contributed by atoms with van der Waals surface area (Å²) in [5.74, 6) is -3.22. The van der Waals surface area contributed by atoms with Gasteiger partial charge in [0, 0.05) is 0 Å². The number of carboxylic acid groups (broad SMARTS) is 1. The van der Waals surface area contributed by atoms with Gasteiger partial charge in [-0.05, 0) is 13.8 Å². The first-order valence-corrected chi connectivity index (χ1v) is 6.57. The Bertz CT molecular complexity index is 603. The molecule has 0 bridgehead atoms. The van der Waals surface area contributed by atoms with Crippen LogP contribution in [-0.2, 0) is 20.5 Å². The fourth-order valence-electron chi connectivity index (χ4n) is 1.50. The summed E-state index contributed by atoms with van der Waals surface area (Å²) in [6.45, 7) is 2.74. The van der Waals surface area contributed by atoms with E-state index in [1.807, 2.05) is 0 Å². The Kier molecular flexibility index (Phi) is 3.70. The van der Waals surface area contributed by atoms with Gasteiger partial charge in [-0.15, -0.1) is 0 Å². The molecule has 0 aliphatic carbocycles. The zero-order valence-electron chi connectivity index (χ0n) is 9.65. The molecule has 0 atom stereocenters. The Morgan fingerprint density at radius 3 is 2.44 bits per heavy atom. The van der Waals surface area contributed by atoms with Crippen LogP contribution in [0, 0.1) is 24.0 Å². The van der Waals surface area contributed by atoms with E-state index in [1.165, 1.54) is 13.8 Å². The van der Waals surface area contributed by atoms with E-state index in [0.29, 0.717) is 0 Å². The summed E-state index contributed by atoms with van der Waals surface area (Å²) in [6.07, 6.45) is 0. The van der Waals surface area contributed by atoms with Crippen LogP contribution in [0.3, 0.4) is 0 Å². The number of aryl methyl sites for hydroxylation is 1. The van der Waals surface area contributed by atoms with Gasteiger partial charge >= 0.3 is 11.7 Å². The molecular formula is C8H11N3O6S. The number of nitrogens with zero attached hydrogens (tertiary/aromatic N) is 3. The molecule has 1 aromatic heterocycles. The maximum atomic E-state index is 11.4. The molecule has 10 heteroatoms. The molecule has 0 fully saturated rings. The summed E-state index contributed by atoms with van der Waals surface area (Å²) >= 11 is 0. The van der Waals surface area contributed by atoms with Crippen LogP contribution < -0.4 is 0 Å². The van der Waals surface area contributed by atoms with Crippen LogP contribution in [0.2, 0.25) is 0 Å². The van der Waals surface area contributed by atoms with Gasteiger partial charge in [0.05, 0.1) is 4.92 Å². The second-order valence-electron chi connectivity index (χ2n) is 3.69. The summed E-state index contributed by atoms with van der Waals surface area (Å²) in [7, 11) is -3.91. The smallest absolute Gasteiger partial charge is 0.318 e. The van der Waals surface area contributed by atoms with Gasteiger partial charge in [0.1, 0.15) is 23.0 Å². The maximum absolute atomic E-state index is 11.4. The number of carboxylic acids is 1. The number of sulfone groups is 1. The molecule has 100 valence electrons. The van der Waals surface area contributed by atoms with Gasteiger partial charge in [-0.25, -0.2) is 13.1 Å². The van der Waals surface area contributed by atoms with Gasteiger partial charge in [0.25, 0.3) is 0 Å². The number of carbonyl (C=O) groups is 1. The van der Waals surface area contributed by atoms with Gasteiger partial charge in [-0.1, -0.05) is 0 Å². The summed E-state index contributed by atoms with van der Waals surface area (Å²) in [5.41, 5.74) is -0.102. The average molecular weight is 277 g/mol. The highest BCUT2D eigenvalue weighted by Gasteiger charge is 2.25. The molecule has 0 radical (unpaired) electrons. The highest BCUT2D eigenvalue weighted by Crippen LogP contribution is 2.22. The predicted molar refractivity (Wildman–Crippen MR) is 59.8 cm³/mol. The average Bonchev–Trinajstić information content (AvgIpc) is 2.37. The minimum Gasteiger partial charge on any atom is -0.480 e. The van der Waals surface area contributed by atoms with Crippen molar-refractivity contribution in [3.05, 3.63) is 21.5 Å².